The highest BCUT2D eigenvalue weighted by atomic mass is 16.3. The van der Waals surface area contributed by atoms with E-state index in [1.807, 2.05) is 36.4 Å². The standard InChI is InChI=1S/C19H22N2O2/c22-19(14-5-2-1-3-6-14)20-15-11-16-8-9-17(12-15)21(16)13-18-7-4-10-23-18/h1-7,10,15-17H,8-9,11-13H2,(H,20,22)/p+1/t15?,16-,17+. The normalized spacial score (nSPS) is 29.4. The minimum absolute atomic E-state index is 0.0597. The average Bonchev–Trinajstić information content (AvgIpc) is 3.16. The summed E-state index contributed by atoms with van der Waals surface area (Å²) in [7, 11) is 0. The largest absolute Gasteiger partial charge is 0.463 e. The van der Waals surface area contributed by atoms with E-state index in [0.29, 0.717) is 18.1 Å². The van der Waals surface area contributed by atoms with Crippen LogP contribution in [0, 0.1) is 0 Å². The van der Waals surface area contributed by atoms with Crippen molar-refractivity contribution in [3.05, 3.63) is 60.1 Å². The van der Waals surface area contributed by atoms with Crippen LogP contribution in [-0.2, 0) is 6.54 Å². The second kappa shape index (κ2) is 6.20. The molecule has 1 aromatic carbocycles. The summed E-state index contributed by atoms with van der Waals surface area (Å²) in [4.78, 5) is 14.0. The molecule has 1 aromatic heterocycles. The Morgan fingerprint density at radius 1 is 1.09 bits per heavy atom. The molecule has 4 rings (SSSR count). The number of carbonyl (C=O) groups is 1. The van der Waals surface area contributed by atoms with Crippen LogP contribution in [0.2, 0.25) is 0 Å². The van der Waals surface area contributed by atoms with Gasteiger partial charge in [0.05, 0.1) is 18.3 Å². The lowest BCUT2D eigenvalue weighted by Crippen LogP contribution is -3.17. The predicted octanol–water partition coefficient (Wildman–Crippen LogP) is 1.79. The van der Waals surface area contributed by atoms with Gasteiger partial charge in [-0.05, 0) is 24.3 Å². The molecule has 2 saturated heterocycles. The molecular weight excluding hydrogens is 288 g/mol. The third kappa shape index (κ3) is 3.04. The van der Waals surface area contributed by atoms with Crippen LogP contribution in [0.1, 0.15) is 41.8 Å². The van der Waals surface area contributed by atoms with Gasteiger partial charge in [-0.3, -0.25) is 4.79 Å². The van der Waals surface area contributed by atoms with Gasteiger partial charge >= 0.3 is 0 Å². The molecular formula is C19H23N2O2+. The van der Waals surface area contributed by atoms with Crippen molar-refractivity contribution in [2.24, 2.45) is 0 Å². The highest BCUT2D eigenvalue weighted by Crippen LogP contribution is 2.24. The van der Waals surface area contributed by atoms with Gasteiger partial charge in [0.1, 0.15) is 6.54 Å². The number of rotatable bonds is 4. The molecule has 2 bridgehead atoms. The Kier molecular flexibility index (Phi) is 3.92. The Morgan fingerprint density at radius 2 is 1.83 bits per heavy atom. The third-order valence-electron chi connectivity index (χ3n) is 5.38. The fourth-order valence-electron chi connectivity index (χ4n) is 4.31. The van der Waals surface area contributed by atoms with E-state index in [2.05, 4.69) is 11.4 Å². The molecule has 0 spiro atoms. The summed E-state index contributed by atoms with van der Waals surface area (Å²) in [5.74, 6) is 1.13. The molecule has 2 unspecified atom stereocenters. The first-order valence-electron chi connectivity index (χ1n) is 8.53. The molecule has 4 nitrogen and oxygen atoms in total. The SMILES string of the molecule is O=C(NC1C[C@H]2CC[C@@H](C1)[NH+]2Cc1ccco1)c1ccccc1. The molecule has 4 heteroatoms. The molecule has 4 atom stereocenters. The molecule has 23 heavy (non-hydrogen) atoms. The van der Waals surface area contributed by atoms with Crippen molar-refractivity contribution >= 4 is 5.91 Å². The van der Waals surface area contributed by atoms with Crippen molar-refractivity contribution in [3.63, 3.8) is 0 Å². The summed E-state index contributed by atoms with van der Waals surface area (Å²) in [5.41, 5.74) is 0.755. The fraction of sp³-hybridized carbons (Fsp3) is 0.421. The van der Waals surface area contributed by atoms with Gasteiger partial charge in [-0.2, -0.15) is 0 Å². The first kappa shape index (κ1) is 14.5. The molecule has 2 N–H and O–H groups in total. The van der Waals surface area contributed by atoms with E-state index in [4.69, 9.17) is 4.42 Å². The number of hydrogen-bond acceptors (Lipinski definition) is 2. The lowest BCUT2D eigenvalue weighted by Gasteiger charge is -2.36. The minimum atomic E-state index is 0.0597. The molecule has 3 heterocycles. The second-order valence-corrected chi connectivity index (χ2v) is 6.81. The van der Waals surface area contributed by atoms with Gasteiger partial charge in [-0.25, -0.2) is 0 Å². The van der Waals surface area contributed by atoms with Gasteiger partial charge in [-0.1, -0.05) is 18.2 Å². The molecule has 2 aliphatic heterocycles. The molecule has 0 aliphatic carbocycles. The second-order valence-electron chi connectivity index (χ2n) is 6.81. The van der Waals surface area contributed by atoms with Crippen LogP contribution in [-0.4, -0.2) is 24.0 Å². The fourth-order valence-corrected chi connectivity index (χ4v) is 4.31. The Labute approximate surface area is 136 Å². The number of carbonyl (C=O) groups excluding carboxylic acids is 1. The minimum Gasteiger partial charge on any atom is -0.463 e. The smallest absolute Gasteiger partial charge is 0.251 e. The van der Waals surface area contributed by atoms with Gasteiger partial charge in [0, 0.05) is 37.3 Å². The molecule has 1 amide bonds. The van der Waals surface area contributed by atoms with Gasteiger partial charge in [0.25, 0.3) is 5.91 Å². The van der Waals surface area contributed by atoms with Crippen LogP contribution in [0.3, 0.4) is 0 Å². The number of furan rings is 1. The predicted molar refractivity (Wildman–Crippen MR) is 87.1 cm³/mol. The van der Waals surface area contributed by atoms with Crippen LogP contribution in [0.5, 0.6) is 0 Å². The van der Waals surface area contributed by atoms with Gasteiger partial charge in [0.2, 0.25) is 0 Å². The van der Waals surface area contributed by atoms with E-state index >= 15 is 0 Å². The number of hydrogen-bond donors (Lipinski definition) is 2. The topological polar surface area (TPSA) is 46.7 Å². The summed E-state index contributed by atoms with van der Waals surface area (Å²) >= 11 is 0. The summed E-state index contributed by atoms with van der Waals surface area (Å²) in [5, 5.41) is 3.24. The van der Waals surface area contributed by atoms with E-state index in [-0.39, 0.29) is 5.91 Å². The third-order valence-corrected chi connectivity index (χ3v) is 5.38. The summed E-state index contributed by atoms with van der Waals surface area (Å²) in [6.07, 6.45) is 6.43. The monoisotopic (exact) mass is 311 g/mol. The van der Waals surface area contributed by atoms with E-state index in [1.54, 1.807) is 11.2 Å². The lowest BCUT2D eigenvalue weighted by molar-refractivity contribution is -0.955. The number of benzene rings is 1. The van der Waals surface area contributed by atoms with Crippen molar-refractivity contribution in [1.82, 2.24) is 5.32 Å². The highest BCUT2D eigenvalue weighted by Gasteiger charge is 2.45. The number of quaternary nitrogens is 1. The van der Waals surface area contributed by atoms with E-state index in [1.165, 1.54) is 12.8 Å². The van der Waals surface area contributed by atoms with Gasteiger partial charge in [0.15, 0.2) is 5.76 Å². The molecule has 120 valence electrons. The van der Waals surface area contributed by atoms with E-state index in [9.17, 15) is 4.79 Å². The van der Waals surface area contributed by atoms with E-state index < -0.39 is 0 Å². The quantitative estimate of drug-likeness (QED) is 0.904. The number of nitrogens with one attached hydrogen (secondary N) is 2. The average molecular weight is 311 g/mol. The Morgan fingerprint density at radius 3 is 2.48 bits per heavy atom. The zero-order chi connectivity index (χ0) is 15.6. The number of amides is 1. The van der Waals surface area contributed by atoms with Crippen molar-refractivity contribution in [1.29, 1.82) is 0 Å². The van der Waals surface area contributed by atoms with Gasteiger partial charge < -0.3 is 14.6 Å². The maximum Gasteiger partial charge on any atom is 0.251 e. The van der Waals surface area contributed by atoms with Crippen LogP contribution in [0.4, 0.5) is 0 Å². The maximum absolute atomic E-state index is 12.4. The van der Waals surface area contributed by atoms with Gasteiger partial charge in [-0.15, -0.1) is 0 Å². The molecule has 2 aliphatic rings. The zero-order valence-corrected chi connectivity index (χ0v) is 13.2. The van der Waals surface area contributed by atoms with Crippen LogP contribution >= 0.6 is 0 Å². The van der Waals surface area contributed by atoms with Crippen molar-refractivity contribution < 1.29 is 14.1 Å². The molecule has 2 fully saturated rings. The molecule has 0 radical (unpaired) electrons. The lowest BCUT2D eigenvalue weighted by atomic mass is 9.96. The molecule has 0 saturated carbocycles. The molecule has 2 aromatic rings. The zero-order valence-electron chi connectivity index (χ0n) is 13.2. The Balaban J connectivity index is 1.38. The number of piperidine rings is 1. The maximum atomic E-state index is 12.4. The van der Waals surface area contributed by atoms with Crippen LogP contribution in [0.15, 0.2) is 53.1 Å². The summed E-state index contributed by atoms with van der Waals surface area (Å²) in [6, 6.07) is 15.1. The first-order valence-corrected chi connectivity index (χ1v) is 8.53. The highest BCUT2D eigenvalue weighted by molar-refractivity contribution is 5.94. The summed E-state index contributed by atoms with van der Waals surface area (Å²) < 4.78 is 5.52. The Hall–Kier alpha value is -2.07. The van der Waals surface area contributed by atoms with Crippen molar-refractivity contribution in [2.75, 3.05) is 0 Å². The first-order chi connectivity index (χ1) is 11.3. The Bertz CT molecular complexity index is 639. The van der Waals surface area contributed by atoms with E-state index in [0.717, 1.165) is 30.7 Å². The van der Waals surface area contributed by atoms with Crippen molar-refractivity contribution in [3.8, 4) is 0 Å². The van der Waals surface area contributed by atoms with Crippen LogP contribution in [0.25, 0.3) is 0 Å². The van der Waals surface area contributed by atoms with Crippen LogP contribution < -0.4 is 10.2 Å². The summed E-state index contributed by atoms with van der Waals surface area (Å²) in [6.45, 7) is 0.974. The number of fused-ring (bicyclic) bond motifs is 2. The van der Waals surface area contributed by atoms with Crippen molar-refractivity contribution in [2.45, 2.75) is 50.4 Å².